The summed E-state index contributed by atoms with van der Waals surface area (Å²) >= 11 is 0. The van der Waals surface area contributed by atoms with Crippen LogP contribution < -0.4 is 4.57 Å². The zero-order valence-electron chi connectivity index (χ0n) is 22.7. The molecule has 4 rings (SSSR count). The van der Waals surface area contributed by atoms with Gasteiger partial charge in [-0.25, -0.2) is 4.57 Å². The van der Waals surface area contributed by atoms with Crippen LogP contribution in [-0.4, -0.2) is 0 Å². The van der Waals surface area contributed by atoms with Crippen LogP contribution in [0.2, 0.25) is 0 Å². The molecule has 0 amide bonds. The summed E-state index contributed by atoms with van der Waals surface area (Å²) in [7, 11) is 2.18. The second-order valence-electron chi connectivity index (χ2n) is 10.8. The molecular weight excluding hydrogens is 422 g/mol. The number of aryl methyl sites for hydroxylation is 2. The fourth-order valence-electron chi connectivity index (χ4n) is 5.03. The van der Waals surface area contributed by atoms with Crippen molar-refractivity contribution in [1.29, 1.82) is 0 Å². The number of pyridine rings is 1. The largest absolute Gasteiger partial charge is 0.212 e. The van der Waals surface area contributed by atoms with Crippen LogP contribution in [0, 0.1) is 6.92 Å². The number of aromatic nitrogens is 1. The van der Waals surface area contributed by atoms with Gasteiger partial charge in [0.15, 0.2) is 6.20 Å². The smallest absolute Gasteiger partial charge is 0.200 e. The summed E-state index contributed by atoms with van der Waals surface area (Å²) in [5, 5.41) is 0. The molecule has 4 aromatic rings. The van der Waals surface area contributed by atoms with Gasteiger partial charge in [0.1, 0.15) is 7.05 Å². The first-order chi connectivity index (χ1) is 16.7. The molecule has 1 heteroatoms. The maximum atomic E-state index is 2.44. The highest BCUT2D eigenvalue weighted by atomic mass is 14.9. The van der Waals surface area contributed by atoms with Crippen molar-refractivity contribution in [1.82, 2.24) is 0 Å². The lowest BCUT2D eigenvalue weighted by atomic mass is 9.82. The summed E-state index contributed by atoms with van der Waals surface area (Å²) in [6.07, 6.45) is 2.33. The van der Waals surface area contributed by atoms with Crippen LogP contribution >= 0.6 is 0 Å². The molecule has 0 aliphatic carbocycles. The Hall–Kier alpha value is -3.19. The standard InChI is InChI=1S/C34H40N/c1-22(2)29-19-30(23(3)4)34(31(20-29)24(5)6)28-16-17-33(35(8)21-28)32-18-27(15-14-25(32)7)26-12-10-9-11-13-26/h9-24H,1-8H3/q+1. The second kappa shape index (κ2) is 10.2. The van der Waals surface area contributed by atoms with Crippen LogP contribution in [0.1, 0.15) is 81.5 Å². The van der Waals surface area contributed by atoms with E-state index in [9.17, 15) is 0 Å². The van der Waals surface area contributed by atoms with Crippen molar-refractivity contribution in [3.63, 3.8) is 0 Å². The molecule has 0 saturated heterocycles. The van der Waals surface area contributed by atoms with Gasteiger partial charge in [0, 0.05) is 17.2 Å². The average molecular weight is 463 g/mol. The van der Waals surface area contributed by atoms with Gasteiger partial charge in [-0.2, -0.15) is 0 Å². The van der Waals surface area contributed by atoms with Crippen molar-refractivity contribution in [3.05, 3.63) is 101 Å². The van der Waals surface area contributed by atoms with Gasteiger partial charge in [0.2, 0.25) is 5.69 Å². The molecule has 1 aromatic heterocycles. The normalized spacial score (nSPS) is 11.6. The van der Waals surface area contributed by atoms with Crippen molar-refractivity contribution in [3.8, 4) is 33.5 Å². The monoisotopic (exact) mass is 462 g/mol. The summed E-state index contributed by atoms with van der Waals surface area (Å²) in [5.74, 6) is 1.46. The Balaban J connectivity index is 1.86. The SMILES string of the molecule is Cc1ccc(-c2ccccc2)cc1-c1ccc(-c2c(C(C)C)cc(C(C)C)cc2C(C)C)c[n+]1C. The van der Waals surface area contributed by atoms with Crippen LogP contribution in [0.15, 0.2) is 79.0 Å². The number of nitrogens with zero attached hydrogens (tertiary/aromatic N) is 1. The molecule has 0 aliphatic heterocycles. The van der Waals surface area contributed by atoms with Gasteiger partial charge < -0.3 is 0 Å². The van der Waals surface area contributed by atoms with Crippen LogP contribution in [0.5, 0.6) is 0 Å². The highest BCUT2D eigenvalue weighted by molar-refractivity contribution is 5.76. The van der Waals surface area contributed by atoms with Crippen molar-refractivity contribution < 1.29 is 4.57 Å². The number of hydrogen-bond donors (Lipinski definition) is 0. The molecular formula is C34H40N+. The van der Waals surface area contributed by atoms with Gasteiger partial charge in [-0.3, -0.25) is 0 Å². The number of hydrogen-bond acceptors (Lipinski definition) is 0. The van der Waals surface area contributed by atoms with Crippen molar-refractivity contribution in [2.75, 3.05) is 0 Å². The van der Waals surface area contributed by atoms with Crippen molar-refractivity contribution >= 4 is 0 Å². The highest BCUT2D eigenvalue weighted by Gasteiger charge is 2.22. The molecule has 0 radical (unpaired) electrons. The molecule has 0 saturated carbocycles. The Bertz CT molecular complexity index is 1300. The van der Waals surface area contributed by atoms with Gasteiger partial charge in [-0.05, 0) is 75.8 Å². The Morgan fingerprint density at radius 1 is 0.600 bits per heavy atom. The minimum Gasteiger partial charge on any atom is -0.200 e. The lowest BCUT2D eigenvalue weighted by Crippen LogP contribution is -2.31. The summed E-state index contributed by atoms with van der Waals surface area (Å²) in [4.78, 5) is 0. The van der Waals surface area contributed by atoms with Crippen molar-refractivity contribution in [2.45, 2.75) is 66.2 Å². The average Bonchev–Trinajstić information content (AvgIpc) is 2.84. The lowest BCUT2D eigenvalue weighted by molar-refractivity contribution is -0.659. The molecule has 1 heterocycles. The Morgan fingerprint density at radius 2 is 1.20 bits per heavy atom. The second-order valence-corrected chi connectivity index (χ2v) is 10.8. The van der Waals surface area contributed by atoms with E-state index in [0.29, 0.717) is 17.8 Å². The minimum atomic E-state index is 0.469. The van der Waals surface area contributed by atoms with E-state index < -0.39 is 0 Å². The molecule has 35 heavy (non-hydrogen) atoms. The van der Waals surface area contributed by atoms with Gasteiger partial charge in [-0.1, -0.05) is 96.1 Å². The van der Waals surface area contributed by atoms with E-state index >= 15 is 0 Å². The molecule has 0 unspecified atom stereocenters. The molecule has 3 aromatic carbocycles. The van der Waals surface area contributed by atoms with Gasteiger partial charge >= 0.3 is 0 Å². The lowest BCUT2D eigenvalue weighted by Gasteiger charge is -2.23. The Kier molecular flexibility index (Phi) is 7.26. The van der Waals surface area contributed by atoms with Gasteiger partial charge in [0.25, 0.3) is 0 Å². The summed E-state index contributed by atoms with van der Waals surface area (Å²) < 4.78 is 2.30. The van der Waals surface area contributed by atoms with E-state index in [1.165, 1.54) is 55.8 Å². The van der Waals surface area contributed by atoms with Crippen LogP contribution in [-0.2, 0) is 7.05 Å². The quantitative estimate of drug-likeness (QED) is 0.251. The zero-order chi connectivity index (χ0) is 25.3. The fraction of sp³-hybridized carbons (Fsp3) is 0.324. The third kappa shape index (κ3) is 5.10. The Morgan fingerprint density at radius 3 is 1.74 bits per heavy atom. The third-order valence-electron chi connectivity index (χ3n) is 7.18. The number of benzene rings is 3. The van der Waals surface area contributed by atoms with Crippen molar-refractivity contribution in [2.24, 2.45) is 7.05 Å². The van der Waals surface area contributed by atoms with E-state index in [-0.39, 0.29) is 0 Å². The highest BCUT2D eigenvalue weighted by Crippen LogP contribution is 2.39. The van der Waals surface area contributed by atoms with Gasteiger partial charge in [0.05, 0.1) is 0 Å². The molecule has 0 N–H and O–H groups in total. The zero-order valence-corrected chi connectivity index (χ0v) is 22.7. The predicted octanol–water partition coefficient (Wildman–Crippen LogP) is 9.19. The van der Waals surface area contributed by atoms with E-state index in [2.05, 4.69) is 139 Å². The van der Waals surface area contributed by atoms with E-state index in [1.54, 1.807) is 0 Å². The predicted molar refractivity (Wildman–Crippen MR) is 151 cm³/mol. The summed E-state index contributed by atoms with van der Waals surface area (Å²) in [6.45, 7) is 16.1. The van der Waals surface area contributed by atoms with E-state index in [0.717, 1.165) is 0 Å². The van der Waals surface area contributed by atoms with E-state index in [4.69, 9.17) is 0 Å². The van der Waals surface area contributed by atoms with Crippen LogP contribution in [0.25, 0.3) is 33.5 Å². The third-order valence-corrected chi connectivity index (χ3v) is 7.18. The molecule has 0 aliphatic rings. The molecule has 0 atom stereocenters. The fourth-order valence-corrected chi connectivity index (χ4v) is 5.03. The maximum Gasteiger partial charge on any atom is 0.212 e. The first kappa shape index (κ1) is 24.9. The molecule has 0 bridgehead atoms. The maximum absolute atomic E-state index is 2.44. The molecule has 0 spiro atoms. The first-order valence-electron chi connectivity index (χ1n) is 13.0. The summed E-state index contributed by atoms with van der Waals surface area (Å²) in [6, 6.07) is 26.9. The Labute approximate surface area is 212 Å². The number of rotatable bonds is 6. The van der Waals surface area contributed by atoms with Crippen LogP contribution in [0.3, 0.4) is 0 Å². The van der Waals surface area contributed by atoms with E-state index in [1.807, 2.05) is 0 Å². The van der Waals surface area contributed by atoms with Crippen LogP contribution in [0.4, 0.5) is 0 Å². The summed E-state index contributed by atoms with van der Waals surface area (Å²) in [5.41, 5.74) is 13.4. The minimum absolute atomic E-state index is 0.469. The topological polar surface area (TPSA) is 3.88 Å². The first-order valence-corrected chi connectivity index (χ1v) is 13.0. The molecule has 180 valence electrons. The molecule has 1 nitrogen and oxygen atoms in total. The van der Waals surface area contributed by atoms with Gasteiger partial charge in [-0.15, -0.1) is 0 Å². The molecule has 0 fully saturated rings.